The Morgan fingerprint density at radius 1 is 0.857 bits per heavy atom. The lowest BCUT2D eigenvalue weighted by molar-refractivity contribution is -0.129. The zero-order valence-corrected chi connectivity index (χ0v) is 15.8. The molecule has 0 radical (unpaired) electrons. The van der Waals surface area contributed by atoms with Crippen LogP contribution in [0.15, 0.2) is 83.5 Å². The smallest absolute Gasteiger partial charge is 0.363 e. The van der Waals surface area contributed by atoms with Crippen LogP contribution in [0.5, 0.6) is 0 Å². The van der Waals surface area contributed by atoms with Gasteiger partial charge in [0, 0.05) is 25.9 Å². The Kier molecular flexibility index (Phi) is 4.77. The van der Waals surface area contributed by atoms with Gasteiger partial charge in [-0.1, -0.05) is 48.5 Å². The molecule has 4 rings (SSSR count). The van der Waals surface area contributed by atoms with Crippen molar-refractivity contribution < 1.29 is 9.53 Å². The monoisotopic (exact) mass is 368 g/mol. The molecule has 0 saturated carbocycles. The molecule has 0 spiro atoms. The maximum absolute atomic E-state index is 12.1. The van der Waals surface area contributed by atoms with Gasteiger partial charge in [0.25, 0.3) is 0 Å². The highest BCUT2D eigenvalue weighted by Gasteiger charge is 2.21. The third kappa shape index (κ3) is 3.86. The highest BCUT2D eigenvalue weighted by atomic mass is 16.6. The molecule has 0 N–H and O–H groups in total. The number of nitrogens with zero attached hydrogens (tertiary/aromatic N) is 2. The first-order valence-electron chi connectivity index (χ1n) is 9.05. The van der Waals surface area contributed by atoms with Crippen molar-refractivity contribution in [3.8, 4) is 0 Å². The molecule has 0 aliphatic carbocycles. The predicted molar refractivity (Wildman–Crippen MR) is 115 cm³/mol. The molecule has 28 heavy (non-hydrogen) atoms. The van der Waals surface area contributed by atoms with Crippen LogP contribution in [0.1, 0.15) is 11.1 Å². The SMILES string of the molecule is CN(C)c1ccc(/C=C/C2=NC(=C\c3ccc4ccccc4c3)/C(=O)O2)cc1. The molecule has 0 amide bonds. The molecule has 0 bridgehead atoms. The highest BCUT2D eigenvalue weighted by Crippen LogP contribution is 2.21. The normalized spacial score (nSPS) is 15.3. The van der Waals surface area contributed by atoms with E-state index in [2.05, 4.69) is 11.1 Å². The molecule has 3 aromatic carbocycles. The van der Waals surface area contributed by atoms with Crippen molar-refractivity contribution in [2.45, 2.75) is 0 Å². The van der Waals surface area contributed by atoms with Gasteiger partial charge in [0.2, 0.25) is 5.90 Å². The Labute approximate surface area is 164 Å². The topological polar surface area (TPSA) is 41.9 Å². The summed E-state index contributed by atoms with van der Waals surface area (Å²) >= 11 is 0. The number of fused-ring (bicyclic) bond motifs is 1. The number of ether oxygens (including phenoxy) is 1. The van der Waals surface area contributed by atoms with Crippen LogP contribution in [0.4, 0.5) is 5.69 Å². The van der Waals surface area contributed by atoms with E-state index >= 15 is 0 Å². The third-order valence-electron chi connectivity index (χ3n) is 4.54. The van der Waals surface area contributed by atoms with E-state index < -0.39 is 5.97 Å². The van der Waals surface area contributed by atoms with Crippen LogP contribution >= 0.6 is 0 Å². The van der Waals surface area contributed by atoms with Crippen LogP contribution in [0.2, 0.25) is 0 Å². The van der Waals surface area contributed by atoms with Gasteiger partial charge >= 0.3 is 5.97 Å². The number of cyclic esters (lactones) is 1. The highest BCUT2D eigenvalue weighted by molar-refractivity contribution is 6.11. The quantitative estimate of drug-likeness (QED) is 0.485. The minimum Gasteiger partial charge on any atom is -0.403 e. The Hall–Kier alpha value is -3.66. The second kappa shape index (κ2) is 7.53. The predicted octanol–water partition coefficient (Wildman–Crippen LogP) is 4.92. The maximum Gasteiger partial charge on any atom is 0.363 e. The Morgan fingerprint density at radius 2 is 1.57 bits per heavy atom. The molecule has 1 aliphatic rings. The van der Waals surface area contributed by atoms with Crippen molar-refractivity contribution in [2.75, 3.05) is 19.0 Å². The average molecular weight is 368 g/mol. The maximum atomic E-state index is 12.1. The number of esters is 1. The van der Waals surface area contributed by atoms with Gasteiger partial charge in [0.1, 0.15) is 0 Å². The molecule has 0 aromatic heterocycles. The van der Waals surface area contributed by atoms with E-state index in [0.717, 1.165) is 27.6 Å². The Balaban J connectivity index is 1.54. The molecule has 3 aromatic rings. The van der Waals surface area contributed by atoms with Crippen LogP contribution in [0.25, 0.3) is 22.9 Å². The van der Waals surface area contributed by atoms with Crippen molar-refractivity contribution in [2.24, 2.45) is 4.99 Å². The van der Waals surface area contributed by atoms with Gasteiger partial charge in [0.05, 0.1) is 0 Å². The third-order valence-corrected chi connectivity index (χ3v) is 4.54. The number of rotatable bonds is 4. The van der Waals surface area contributed by atoms with Gasteiger partial charge in [-0.2, -0.15) is 0 Å². The van der Waals surface area contributed by atoms with Crippen molar-refractivity contribution >= 4 is 40.5 Å². The van der Waals surface area contributed by atoms with Crippen LogP contribution in [0, 0.1) is 0 Å². The fourth-order valence-electron chi connectivity index (χ4n) is 3.00. The first-order chi connectivity index (χ1) is 13.6. The Morgan fingerprint density at radius 3 is 2.32 bits per heavy atom. The van der Waals surface area contributed by atoms with Crippen molar-refractivity contribution in [1.82, 2.24) is 0 Å². The van der Waals surface area contributed by atoms with Crippen LogP contribution in [-0.2, 0) is 9.53 Å². The summed E-state index contributed by atoms with van der Waals surface area (Å²) in [7, 11) is 4.00. The van der Waals surface area contributed by atoms with Gasteiger partial charge in [-0.25, -0.2) is 9.79 Å². The molecule has 138 valence electrons. The standard InChI is InChI=1S/C24H20N2O2/c1-26(2)21-12-8-17(9-13-21)10-14-23-25-22(24(27)28-23)16-18-7-11-19-5-3-4-6-20(19)15-18/h3-16H,1-2H3/b14-10+,22-16-. The molecule has 0 fully saturated rings. The molecule has 1 aliphatic heterocycles. The van der Waals surface area contributed by atoms with E-state index in [0.29, 0.717) is 11.6 Å². The van der Waals surface area contributed by atoms with E-state index in [1.807, 2.05) is 85.7 Å². The van der Waals surface area contributed by atoms with E-state index in [1.54, 1.807) is 12.2 Å². The molecular weight excluding hydrogens is 348 g/mol. The summed E-state index contributed by atoms with van der Waals surface area (Å²) in [5, 5.41) is 2.28. The minimum atomic E-state index is -0.434. The molecule has 0 saturated heterocycles. The average Bonchev–Trinajstić information content (AvgIpc) is 3.06. The van der Waals surface area contributed by atoms with E-state index in [-0.39, 0.29) is 0 Å². The number of hydrogen-bond acceptors (Lipinski definition) is 4. The Bertz CT molecular complexity index is 1120. The first-order valence-corrected chi connectivity index (χ1v) is 9.05. The molecule has 0 unspecified atom stereocenters. The summed E-state index contributed by atoms with van der Waals surface area (Å²) in [6.45, 7) is 0. The number of hydrogen-bond donors (Lipinski definition) is 0. The molecular formula is C24H20N2O2. The first kappa shape index (κ1) is 17.7. The molecule has 1 heterocycles. The number of carbonyl (C=O) groups excluding carboxylic acids is 1. The van der Waals surface area contributed by atoms with E-state index in [9.17, 15) is 4.79 Å². The summed E-state index contributed by atoms with van der Waals surface area (Å²) in [5.74, 6) is -0.135. The second-order valence-corrected chi connectivity index (χ2v) is 6.80. The fraction of sp³-hybridized carbons (Fsp3) is 0.0833. The van der Waals surface area contributed by atoms with Crippen molar-refractivity contribution in [1.29, 1.82) is 0 Å². The summed E-state index contributed by atoms with van der Waals surface area (Å²) in [4.78, 5) is 18.5. The lowest BCUT2D eigenvalue weighted by Gasteiger charge is -2.11. The van der Waals surface area contributed by atoms with Gasteiger partial charge in [-0.15, -0.1) is 0 Å². The van der Waals surface area contributed by atoms with Gasteiger partial charge in [0.15, 0.2) is 5.70 Å². The largest absolute Gasteiger partial charge is 0.403 e. The summed E-state index contributed by atoms with van der Waals surface area (Å²) in [6.07, 6.45) is 5.34. The summed E-state index contributed by atoms with van der Waals surface area (Å²) in [5.41, 5.74) is 3.36. The van der Waals surface area contributed by atoms with Crippen LogP contribution < -0.4 is 4.90 Å². The number of benzene rings is 3. The van der Waals surface area contributed by atoms with Crippen LogP contribution in [-0.4, -0.2) is 26.0 Å². The second-order valence-electron chi connectivity index (χ2n) is 6.80. The van der Waals surface area contributed by atoms with Gasteiger partial charge < -0.3 is 9.64 Å². The lowest BCUT2D eigenvalue weighted by atomic mass is 10.1. The van der Waals surface area contributed by atoms with Crippen molar-refractivity contribution in [3.05, 3.63) is 89.6 Å². The summed E-state index contributed by atoms with van der Waals surface area (Å²) in [6, 6.07) is 22.2. The van der Waals surface area contributed by atoms with E-state index in [4.69, 9.17) is 4.74 Å². The van der Waals surface area contributed by atoms with Crippen molar-refractivity contribution in [3.63, 3.8) is 0 Å². The lowest BCUT2D eigenvalue weighted by Crippen LogP contribution is -2.07. The summed E-state index contributed by atoms with van der Waals surface area (Å²) < 4.78 is 5.27. The van der Waals surface area contributed by atoms with Gasteiger partial charge in [-0.3, -0.25) is 0 Å². The number of anilines is 1. The van der Waals surface area contributed by atoms with Crippen LogP contribution in [0.3, 0.4) is 0 Å². The molecule has 0 atom stereocenters. The van der Waals surface area contributed by atoms with Gasteiger partial charge in [-0.05, 0) is 52.3 Å². The zero-order valence-electron chi connectivity index (χ0n) is 15.8. The zero-order chi connectivity index (χ0) is 19.5. The van der Waals surface area contributed by atoms with E-state index in [1.165, 1.54) is 0 Å². The molecule has 4 nitrogen and oxygen atoms in total. The minimum absolute atomic E-state index is 0.300. The molecule has 4 heteroatoms. The number of carbonyl (C=O) groups is 1. The number of aliphatic imine (C=N–C) groups is 1. The fourth-order valence-corrected chi connectivity index (χ4v) is 3.00.